The number of esters is 2. The summed E-state index contributed by atoms with van der Waals surface area (Å²) in [4.78, 5) is 22.9. The summed E-state index contributed by atoms with van der Waals surface area (Å²) in [6, 6.07) is 14.6. The molecule has 0 saturated carbocycles. The summed E-state index contributed by atoms with van der Waals surface area (Å²) in [5, 5.41) is 6.21. The van der Waals surface area contributed by atoms with Crippen LogP contribution in [-0.4, -0.2) is 50.4 Å². The molecular formula is C22H26N2O6. The van der Waals surface area contributed by atoms with Gasteiger partial charge in [0.15, 0.2) is 6.04 Å². The number of carbonyl (C=O) groups is 2. The van der Waals surface area contributed by atoms with Crippen LogP contribution in [0, 0.1) is 0 Å². The molecule has 8 heteroatoms. The molecule has 2 aliphatic rings. The van der Waals surface area contributed by atoms with E-state index in [9.17, 15) is 9.59 Å². The number of para-hydroxylation sites is 4. The van der Waals surface area contributed by atoms with Gasteiger partial charge in [-0.3, -0.25) is 0 Å². The zero-order valence-electron chi connectivity index (χ0n) is 17.1. The first-order chi connectivity index (χ1) is 14.6. The lowest BCUT2D eigenvalue weighted by molar-refractivity contribution is -0.151. The molecule has 8 nitrogen and oxygen atoms in total. The maximum Gasteiger partial charge on any atom is 0.349 e. The second-order valence-corrected chi connectivity index (χ2v) is 6.49. The molecular weight excluding hydrogens is 388 g/mol. The highest BCUT2D eigenvalue weighted by Crippen LogP contribution is 2.29. The summed E-state index contributed by atoms with van der Waals surface area (Å²) in [5.74, 6) is 0.881. The van der Waals surface area contributed by atoms with E-state index < -0.39 is 12.1 Å². The maximum atomic E-state index is 11.4. The Morgan fingerprint density at radius 3 is 2.30 bits per heavy atom. The van der Waals surface area contributed by atoms with E-state index in [1.165, 1.54) is 0 Å². The Labute approximate surface area is 175 Å². The SMILES string of the molecule is CCOC(=O)C1CNc2ccccc2O1.CCOC(=O)C1COc2ccccc2N1. The van der Waals surface area contributed by atoms with Gasteiger partial charge in [-0.15, -0.1) is 0 Å². The molecule has 0 saturated heterocycles. The minimum absolute atomic E-state index is 0.271. The highest BCUT2D eigenvalue weighted by atomic mass is 16.6. The summed E-state index contributed by atoms with van der Waals surface area (Å²) < 4.78 is 20.8. The van der Waals surface area contributed by atoms with Crippen molar-refractivity contribution >= 4 is 23.3 Å². The van der Waals surface area contributed by atoms with Gasteiger partial charge in [-0.05, 0) is 38.1 Å². The summed E-state index contributed by atoms with van der Waals surface area (Å²) in [6.45, 7) is 5.10. The topological polar surface area (TPSA) is 95.1 Å². The summed E-state index contributed by atoms with van der Waals surface area (Å²) in [6.07, 6.45) is -0.542. The average molecular weight is 414 g/mol. The van der Waals surface area contributed by atoms with E-state index in [2.05, 4.69) is 10.6 Å². The highest BCUT2D eigenvalue weighted by Gasteiger charge is 2.27. The molecule has 0 aromatic heterocycles. The van der Waals surface area contributed by atoms with Gasteiger partial charge in [0.2, 0.25) is 6.10 Å². The van der Waals surface area contributed by atoms with Crippen LogP contribution in [0.15, 0.2) is 48.5 Å². The number of hydrogen-bond donors (Lipinski definition) is 2. The largest absolute Gasteiger partial charge is 0.489 e. The van der Waals surface area contributed by atoms with E-state index in [0.29, 0.717) is 32.1 Å². The Balaban J connectivity index is 0.000000171. The monoisotopic (exact) mass is 414 g/mol. The van der Waals surface area contributed by atoms with Gasteiger partial charge < -0.3 is 29.6 Å². The first-order valence-electron chi connectivity index (χ1n) is 9.93. The number of carbonyl (C=O) groups excluding carboxylic acids is 2. The Morgan fingerprint density at radius 1 is 0.933 bits per heavy atom. The lowest BCUT2D eigenvalue weighted by Gasteiger charge is -2.25. The van der Waals surface area contributed by atoms with Crippen LogP contribution in [0.2, 0.25) is 0 Å². The molecule has 2 unspecified atom stereocenters. The van der Waals surface area contributed by atoms with Crippen molar-refractivity contribution in [3.05, 3.63) is 48.5 Å². The quantitative estimate of drug-likeness (QED) is 0.738. The van der Waals surface area contributed by atoms with Crippen molar-refractivity contribution in [2.75, 3.05) is 37.0 Å². The lowest BCUT2D eigenvalue weighted by atomic mass is 10.2. The number of hydrogen-bond acceptors (Lipinski definition) is 8. The third-order valence-corrected chi connectivity index (χ3v) is 4.38. The van der Waals surface area contributed by atoms with Crippen molar-refractivity contribution in [3.63, 3.8) is 0 Å². The van der Waals surface area contributed by atoms with Gasteiger partial charge >= 0.3 is 11.9 Å². The van der Waals surface area contributed by atoms with Gasteiger partial charge in [-0.2, -0.15) is 0 Å². The predicted molar refractivity (Wildman–Crippen MR) is 112 cm³/mol. The fourth-order valence-electron chi connectivity index (χ4n) is 2.96. The van der Waals surface area contributed by atoms with Gasteiger partial charge in [0, 0.05) is 0 Å². The van der Waals surface area contributed by atoms with E-state index in [1.807, 2.05) is 48.5 Å². The number of ether oxygens (including phenoxy) is 4. The molecule has 0 spiro atoms. The second-order valence-electron chi connectivity index (χ2n) is 6.49. The third kappa shape index (κ3) is 5.34. The number of fused-ring (bicyclic) bond motifs is 2. The fraction of sp³-hybridized carbons (Fsp3) is 0.364. The van der Waals surface area contributed by atoms with Gasteiger partial charge in [0.05, 0.1) is 31.1 Å². The molecule has 2 aromatic carbocycles. The van der Waals surface area contributed by atoms with E-state index in [1.54, 1.807) is 13.8 Å². The molecule has 2 aliphatic heterocycles. The minimum Gasteiger partial charge on any atom is -0.489 e. The van der Waals surface area contributed by atoms with E-state index in [-0.39, 0.29) is 11.9 Å². The standard InChI is InChI=1S/2C11H13NO3/c1-2-14-11(13)9-7-15-10-6-4-3-5-8(10)12-9;1-2-14-11(13)10-7-12-8-5-3-4-6-9(8)15-10/h3-6,9,12H,2,7H2,1H3;3-6,10,12H,2,7H2,1H3. The van der Waals surface area contributed by atoms with Crippen LogP contribution in [0.25, 0.3) is 0 Å². The predicted octanol–water partition coefficient (Wildman–Crippen LogP) is 2.85. The minimum atomic E-state index is -0.542. The zero-order valence-corrected chi connectivity index (χ0v) is 17.1. The second kappa shape index (κ2) is 10.4. The lowest BCUT2D eigenvalue weighted by Crippen LogP contribution is -2.39. The molecule has 30 heavy (non-hydrogen) atoms. The number of anilines is 2. The number of nitrogens with one attached hydrogen (secondary N) is 2. The van der Waals surface area contributed by atoms with Crippen LogP contribution in [0.3, 0.4) is 0 Å². The van der Waals surface area contributed by atoms with Crippen LogP contribution in [0.4, 0.5) is 11.4 Å². The molecule has 0 fully saturated rings. The molecule has 0 aliphatic carbocycles. The molecule has 0 bridgehead atoms. The molecule has 2 aromatic rings. The number of rotatable bonds is 4. The van der Waals surface area contributed by atoms with Gasteiger partial charge in [-0.1, -0.05) is 24.3 Å². The van der Waals surface area contributed by atoms with Crippen LogP contribution in [0.1, 0.15) is 13.8 Å². The van der Waals surface area contributed by atoms with Crippen LogP contribution in [-0.2, 0) is 19.1 Å². The Hall–Kier alpha value is -3.42. The molecule has 0 radical (unpaired) electrons. The summed E-state index contributed by atoms with van der Waals surface area (Å²) in [5.41, 5.74) is 1.75. The smallest absolute Gasteiger partial charge is 0.349 e. The van der Waals surface area contributed by atoms with E-state index >= 15 is 0 Å². The molecule has 2 N–H and O–H groups in total. The van der Waals surface area contributed by atoms with Crippen molar-refractivity contribution in [1.82, 2.24) is 0 Å². The van der Waals surface area contributed by atoms with Crippen LogP contribution < -0.4 is 20.1 Å². The Morgan fingerprint density at radius 2 is 1.57 bits per heavy atom. The van der Waals surface area contributed by atoms with Crippen molar-refractivity contribution in [2.24, 2.45) is 0 Å². The molecule has 4 rings (SSSR count). The maximum absolute atomic E-state index is 11.4. The van der Waals surface area contributed by atoms with Gasteiger partial charge in [0.25, 0.3) is 0 Å². The van der Waals surface area contributed by atoms with Crippen molar-refractivity contribution in [2.45, 2.75) is 26.0 Å². The molecule has 0 amide bonds. The van der Waals surface area contributed by atoms with Crippen molar-refractivity contribution in [3.8, 4) is 11.5 Å². The Kier molecular flexibility index (Phi) is 7.37. The van der Waals surface area contributed by atoms with E-state index in [4.69, 9.17) is 18.9 Å². The third-order valence-electron chi connectivity index (χ3n) is 4.38. The van der Waals surface area contributed by atoms with Gasteiger partial charge in [-0.25, -0.2) is 9.59 Å². The fourth-order valence-corrected chi connectivity index (χ4v) is 2.96. The van der Waals surface area contributed by atoms with E-state index in [0.717, 1.165) is 17.1 Å². The zero-order chi connectivity index (χ0) is 21.3. The first kappa shape index (κ1) is 21.3. The Bertz CT molecular complexity index is 801. The first-order valence-corrected chi connectivity index (χ1v) is 9.93. The van der Waals surface area contributed by atoms with Gasteiger partial charge in [0.1, 0.15) is 18.1 Å². The van der Waals surface area contributed by atoms with Crippen molar-refractivity contribution < 1.29 is 28.5 Å². The van der Waals surface area contributed by atoms with Crippen LogP contribution >= 0.6 is 0 Å². The highest BCUT2D eigenvalue weighted by molar-refractivity contribution is 5.81. The molecule has 2 atom stereocenters. The summed E-state index contributed by atoms with van der Waals surface area (Å²) >= 11 is 0. The normalized spacial score (nSPS) is 18.3. The molecule has 160 valence electrons. The number of benzene rings is 2. The average Bonchev–Trinajstić information content (AvgIpc) is 2.79. The van der Waals surface area contributed by atoms with Crippen molar-refractivity contribution in [1.29, 1.82) is 0 Å². The van der Waals surface area contributed by atoms with Crippen LogP contribution in [0.5, 0.6) is 11.5 Å². The molecule has 2 heterocycles. The summed E-state index contributed by atoms with van der Waals surface area (Å²) in [7, 11) is 0.